The molecule has 1 aliphatic rings. The minimum atomic E-state index is -0.854. The number of hydrogen-bond acceptors (Lipinski definition) is 3. The molecule has 2 rings (SSSR count). The highest BCUT2D eigenvalue weighted by Crippen LogP contribution is 2.39. The summed E-state index contributed by atoms with van der Waals surface area (Å²) in [5.41, 5.74) is -0.433. The van der Waals surface area contributed by atoms with E-state index in [1.54, 1.807) is 6.07 Å². The van der Waals surface area contributed by atoms with Gasteiger partial charge >= 0.3 is 0 Å². The van der Waals surface area contributed by atoms with Gasteiger partial charge in [0.15, 0.2) is 0 Å². The second-order valence-electron chi connectivity index (χ2n) is 6.73. The highest BCUT2D eigenvalue weighted by molar-refractivity contribution is 6.30. The maximum absolute atomic E-state index is 12.1. The summed E-state index contributed by atoms with van der Waals surface area (Å²) in [6.45, 7) is 4.58. The van der Waals surface area contributed by atoms with Crippen molar-refractivity contribution in [2.75, 3.05) is 6.54 Å². The summed E-state index contributed by atoms with van der Waals surface area (Å²) < 4.78 is 0. The standard InChI is InChI=1S/C16H22ClNO3/c1-15(2)5-7-16(21,8-6-15)10-18-14(20)12-4-3-11(17)9-13(12)19/h3-4,9,19,21H,5-8,10H2,1-2H3,(H,18,20). The Kier molecular flexibility index (Phi) is 4.49. The van der Waals surface area contributed by atoms with Crippen molar-refractivity contribution < 1.29 is 15.0 Å². The number of amides is 1. The Bertz CT molecular complexity index is 532. The number of rotatable bonds is 3. The lowest BCUT2D eigenvalue weighted by atomic mass is 9.71. The zero-order valence-corrected chi connectivity index (χ0v) is 13.2. The lowest BCUT2D eigenvalue weighted by molar-refractivity contribution is -0.0233. The van der Waals surface area contributed by atoms with Gasteiger partial charge in [0, 0.05) is 11.6 Å². The van der Waals surface area contributed by atoms with Crippen LogP contribution in [0.2, 0.25) is 5.02 Å². The quantitative estimate of drug-likeness (QED) is 0.803. The van der Waals surface area contributed by atoms with E-state index in [4.69, 9.17) is 11.6 Å². The van der Waals surface area contributed by atoms with Crippen LogP contribution in [-0.2, 0) is 0 Å². The molecule has 21 heavy (non-hydrogen) atoms. The van der Waals surface area contributed by atoms with Crippen molar-refractivity contribution in [2.45, 2.75) is 45.1 Å². The Balaban J connectivity index is 1.95. The van der Waals surface area contributed by atoms with Crippen LogP contribution in [0.3, 0.4) is 0 Å². The van der Waals surface area contributed by atoms with E-state index in [9.17, 15) is 15.0 Å². The summed E-state index contributed by atoms with van der Waals surface area (Å²) in [4.78, 5) is 12.1. The molecule has 5 heteroatoms. The van der Waals surface area contributed by atoms with Crippen LogP contribution in [0.4, 0.5) is 0 Å². The largest absolute Gasteiger partial charge is 0.507 e. The Labute approximate surface area is 130 Å². The summed E-state index contributed by atoms with van der Waals surface area (Å²) in [6, 6.07) is 4.35. The third-order valence-corrected chi connectivity index (χ3v) is 4.55. The van der Waals surface area contributed by atoms with E-state index in [-0.39, 0.29) is 23.3 Å². The van der Waals surface area contributed by atoms with Crippen LogP contribution >= 0.6 is 11.6 Å². The Morgan fingerprint density at radius 3 is 2.48 bits per heavy atom. The van der Waals surface area contributed by atoms with Gasteiger partial charge in [-0.25, -0.2) is 0 Å². The molecule has 4 nitrogen and oxygen atoms in total. The Morgan fingerprint density at radius 1 is 1.29 bits per heavy atom. The molecule has 0 atom stereocenters. The predicted molar refractivity (Wildman–Crippen MR) is 82.6 cm³/mol. The molecule has 116 valence electrons. The molecule has 0 saturated heterocycles. The lowest BCUT2D eigenvalue weighted by Gasteiger charge is -2.40. The highest BCUT2D eigenvalue weighted by Gasteiger charge is 2.36. The number of carbonyl (C=O) groups is 1. The van der Waals surface area contributed by atoms with Crippen molar-refractivity contribution in [3.05, 3.63) is 28.8 Å². The van der Waals surface area contributed by atoms with E-state index in [0.29, 0.717) is 17.9 Å². The molecular weight excluding hydrogens is 290 g/mol. The SMILES string of the molecule is CC1(C)CCC(O)(CNC(=O)c2ccc(Cl)cc2O)CC1. The number of nitrogens with one attached hydrogen (secondary N) is 1. The summed E-state index contributed by atoms with van der Waals surface area (Å²) in [5, 5.41) is 23.3. The summed E-state index contributed by atoms with van der Waals surface area (Å²) >= 11 is 5.74. The van der Waals surface area contributed by atoms with Gasteiger partial charge in [-0.05, 0) is 49.3 Å². The minimum absolute atomic E-state index is 0.156. The number of phenols is 1. The molecule has 0 bridgehead atoms. The third kappa shape index (κ3) is 4.11. The Hall–Kier alpha value is -1.26. The van der Waals surface area contributed by atoms with Gasteiger partial charge in [0.25, 0.3) is 5.91 Å². The van der Waals surface area contributed by atoms with Crippen LogP contribution in [0.15, 0.2) is 18.2 Å². The number of aliphatic hydroxyl groups is 1. The van der Waals surface area contributed by atoms with Crippen LogP contribution < -0.4 is 5.32 Å². The minimum Gasteiger partial charge on any atom is -0.507 e. The fourth-order valence-electron chi connectivity index (χ4n) is 2.61. The second kappa shape index (κ2) is 5.85. The first-order valence-electron chi connectivity index (χ1n) is 7.20. The average Bonchev–Trinajstić information content (AvgIpc) is 2.40. The highest BCUT2D eigenvalue weighted by atomic mass is 35.5. The van der Waals surface area contributed by atoms with Crippen molar-refractivity contribution in [2.24, 2.45) is 5.41 Å². The first-order chi connectivity index (χ1) is 9.71. The van der Waals surface area contributed by atoms with Crippen LogP contribution in [0.1, 0.15) is 49.9 Å². The smallest absolute Gasteiger partial charge is 0.255 e. The maximum Gasteiger partial charge on any atom is 0.255 e. The van der Waals surface area contributed by atoms with Crippen molar-refractivity contribution in [1.82, 2.24) is 5.32 Å². The summed E-state index contributed by atoms with van der Waals surface area (Å²) in [7, 11) is 0. The molecule has 0 aromatic heterocycles. The van der Waals surface area contributed by atoms with Gasteiger partial charge in [-0.2, -0.15) is 0 Å². The van der Waals surface area contributed by atoms with Gasteiger partial charge in [0.05, 0.1) is 11.2 Å². The molecule has 1 aromatic rings. The first kappa shape index (κ1) is 16.1. The van der Waals surface area contributed by atoms with Gasteiger partial charge in [0.2, 0.25) is 0 Å². The predicted octanol–water partition coefficient (Wildman–Crippen LogP) is 3.11. The van der Waals surface area contributed by atoms with Gasteiger partial charge in [-0.1, -0.05) is 25.4 Å². The van der Waals surface area contributed by atoms with Crippen molar-refractivity contribution in [3.8, 4) is 5.75 Å². The summed E-state index contributed by atoms with van der Waals surface area (Å²) in [6.07, 6.45) is 3.22. The number of aromatic hydroxyl groups is 1. The normalized spacial score (nSPS) is 20.0. The third-order valence-electron chi connectivity index (χ3n) is 4.32. The van der Waals surface area contributed by atoms with E-state index in [1.807, 2.05) is 0 Å². The molecule has 1 aliphatic carbocycles. The molecule has 1 saturated carbocycles. The first-order valence-corrected chi connectivity index (χ1v) is 7.58. The summed E-state index contributed by atoms with van der Waals surface area (Å²) in [5.74, 6) is -0.556. The fourth-order valence-corrected chi connectivity index (χ4v) is 2.77. The van der Waals surface area contributed by atoms with E-state index in [2.05, 4.69) is 19.2 Å². The molecule has 0 aliphatic heterocycles. The molecule has 0 heterocycles. The van der Waals surface area contributed by atoms with Gasteiger partial charge in [-0.15, -0.1) is 0 Å². The molecule has 1 fully saturated rings. The monoisotopic (exact) mass is 311 g/mol. The maximum atomic E-state index is 12.1. The topological polar surface area (TPSA) is 69.6 Å². The molecule has 0 radical (unpaired) electrons. The molecular formula is C16H22ClNO3. The molecule has 3 N–H and O–H groups in total. The number of hydrogen-bond donors (Lipinski definition) is 3. The zero-order valence-electron chi connectivity index (χ0n) is 12.4. The van der Waals surface area contributed by atoms with Crippen LogP contribution in [0, 0.1) is 5.41 Å². The van der Waals surface area contributed by atoms with E-state index >= 15 is 0 Å². The zero-order chi connectivity index (χ0) is 15.7. The van der Waals surface area contributed by atoms with Crippen molar-refractivity contribution in [3.63, 3.8) is 0 Å². The van der Waals surface area contributed by atoms with E-state index in [0.717, 1.165) is 12.8 Å². The number of phenolic OH excluding ortho intramolecular Hbond substituents is 1. The second-order valence-corrected chi connectivity index (χ2v) is 7.17. The molecule has 0 spiro atoms. The van der Waals surface area contributed by atoms with Gasteiger partial charge < -0.3 is 15.5 Å². The lowest BCUT2D eigenvalue weighted by Crippen LogP contribution is -2.46. The number of carbonyl (C=O) groups excluding carboxylic acids is 1. The van der Waals surface area contributed by atoms with Crippen molar-refractivity contribution >= 4 is 17.5 Å². The van der Waals surface area contributed by atoms with E-state index < -0.39 is 11.5 Å². The van der Waals surface area contributed by atoms with E-state index in [1.165, 1.54) is 12.1 Å². The number of halogens is 1. The van der Waals surface area contributed by atoms with Crippen LogP contribution in [0.25, 0.3) is 0 Å². The van der Waals surface area contributed by atoms with Crippen LogP contribution in [-0.4, -0.2) is 28.3 Å². The van der Waals surface area contributed by atoms with Gasteiger partial charge in [-0.3, -0.25) is 4.79 Å². The Morgan fingerprint density at radius 2 is 1.90 bits per heavy atom. The average molecular weight is 312 g/mol. The fraction of sp³-hybridized carbons (Fsp3) is 0.562. The van der Waals surface area contributed by atoms with Crippen LogP contribution in [0.5, 0.6) is 5.75 Å². The molecule has 0 unspecified atom stereocenters. The van der Waals surface area contributed by atoms with Crippen molar-refractivity contribution in [1.29, 1.82) is 0 Å². The number of benzene rings is 1. The van der Waals surface area contributed by atoms with Gasteiger partial charge in [0.1, 0.15) is 5.75 Å². The molecule has 1 amide bonds. The molecule has 1 aromatic carbocycles.